The Kier molecular flexibility index (Phi) is 5.88. The molecule has 0 aliphatic carbocycles. The number of rotatable bonds is 4. The highest BCUT2D eigenvalue weighted by Gasteiger charge is 2.37. The molecule has 0 radical (unpaired) electrons. The van der Waals surface area contributed by atoms with Crippen molar-refractivity contribution in [3.63, 3.8) is 0 Å². The molecule has 0 unspecified atom stereocenters. The molecule has 2 heterocycles. The lowest BCUT2D eigenvalue weighted by Gasteiger charge is -2.27. The third-order valence-corrected chi connectivity index (χ3v) is 5.50. The molecule has 2 saturated heterocycles. The number of ether oxygens (including phenoxy) is 1. The zero-order valence-corrected chi connectivity index (χ0v) is 15.9. The summed E-state index contributed by atoms with van der Waals surface area (Å²) in [6.07, 6.45) is 4.60. The molecule has 0 bridgehead atoms. The molecule has 0 atom stereocenters. The molecule has 0 spiro atoms. The first-order valence-electron chi connectivity index (χ1n) is 8.36. The lowest BCUT2D eigenvalue weighted by atomic mass is 10.1. The van der Waals surface area contributed by atoms with Crippen LogP contribution in [0.1, 0.15) is 24.8 Å². The van der Waals surface area contributed by atoms with Gasteiger partial charge in [-0.1, -0.05) is 11.6 Å². The van der Waals surface area contributed by atoms with Crippen LogP contribution >= 0.6 is 23.4 Å². The zero-order valence-electron chi connectivity index (χ0n) is 14.4. The number of likely N-dealkylation sites (tertiary alicyclic amines) is 1. The van der Waals surface area contributed by atoms with Gasteiger partial charge in [-0.25, -0.2) is 0 Å². The first-order chi connectivity index (χ1) is 12.5. The number of piperidine rings is 1. The van der Waals surface area contributed by atoms with Gasteiger partial charge in [0.05, 0.1) is 12.0 Å². The number of carbonyl (C=O) groups excluding carboxylic acids is 3. The monoisotopic (exact) mass is 394 g/mol. The highest BCUT2D eigenvalue weighted by Crippen LogP contribution is 2.34. The van der Waals surface area contributed by atoms with E-state index < -0.39 is 11.1 Å². The maximum Gasteiger partial charge on any atom is 0.294 e. The number of methoxy groups -OCH3 is 1. The van der Waals surface area contributed by atoms with Crippen molar-refractivity contribution in [2.45, 2.75) is 19.3 Å². The van der Waals surface area contributed by atoms with Gasteiger partial charge < -0.3 is 9.64 Å². The van der Waals surface area contributed by atoms with E-state index in [4.69, 9.17) is 16.3 Å². The van der Waals surface area contributed by atoms with Crippen molar-refractivity contribution < 1.29 is 19.1 Å². The molecule has 3 rings (SSSR count). The van der Waals surface area contributed by atoms with Crippen LogP contribution in [0, 0.1) is 0 Å². The van der Waals surface area contributed by atoms with E-state index >= 15 is 0 Å². The van der Waals surface area contributed by atoms with Gasteiger partial charge in [-0.2, -0.15) is 0 Å². The number of amides is 3. The standard InChI is InChI=1S/C18H19ClN2O4S/c1-25-14-6-5-13(19)9-12(14)10-15-17(23)21(18(24)26-15)11-16(22)20-7-3-2-4-8-20/h5-6,9-10H,2-4,7-8,11H2,1H3. The molecule has 1 aromatic carbocycles. The number of benzene rings is 1. The van der Waals surface area contributed by atoms with Gasteiger partial charge in [-0.15, -0.1) is 0 Å². The molecular formula is C18H19ClN2O4S. The Morgan fingerprint density at radius 2 is 2.00 bits per heavy atom. The van der Waals surface area contributed by atoms with Crippen molar-refractivity contribution in [2.75, 3.05) is 26.7 Å². The highest BCUT2D eigenvalue weighted by atomic mass is 35.5. The van der Waals surface area contributed by atoms with Gasteiger partial charge in [0.15, 0.2) is 0 Å². The Balaban J connectivity index is 1.76. The SMILES string of the molecule is COc1ccc(Cl)cc1C=C1SC(=O)N(CC(=O)N2CCCCC2)C1=O. The van der Waals surface area contributed by atoms with Gasteiger partial charge in [0.2, 0.25) is 5.91 Å². The molecule has 1 aromatic rings. The number of hydrogen-bond acceptors (Lipinski definition) is 5. The largest absolute Gasteiger partial charge is 0.496 e. The van der Waals surface area contributed by atoms with Crippen molar-refractivity contribution in [1.29, 1.82) is 0 Å². The third kappa shape index (κ3) is 4.04. The van der Waals surface area contributed by atoms with Crippen LogP contribution in [0.3, 0.4) is 0 Å². The summed E-state index contributed by atoms with van der Waals surface area (Å²) < 4.78 is 5.26. The van der Waals surface area contributed by atoms with Gasteiger partial charge >= 0.3 is 0 Å². The maximum absolute atomic E-state index is 12.6. The van der Waals surface area contributed by atoms with Crippen LogP contribution in [0.25, 0.3) is 6.08 Å². The number of thioether (sulfide) groups is 1. The van der Waals surface area contributed by atoms with Gasteiger partial charge in [-0.05, 0) is 55.3 Å². The van der Waals surface area contributed by atoms with Gasteiger partial charge in [0.25, 0.3) is 11.1 Å². The minimum absolute atomic E-state index is 0.186. The summed E-state index contributed by atoms with van der Waals surface area (Å²) >= 11 is 6.82. The Morgan fingerprint density at radius 1 is 1.27 bits per heavy atom. The van der Waals surface area contributed by atoms with E-state index in [1.54, 1.807) is 29.2 Å². The first kappa shape index (κ1) is 18.8. The molecule has 138 valence electrons. The van der Waals surface area contributed by atoms with E-state index in [9.17, 15) is 14.4 Å². The van der Waals surface area contributed by atoms with Crippen molar-refractivity contribution in [3.8, 4) is 5.75 Å². The van der Waals surface area contributed by atoms with Crippen LogP contribution in [0.15, 0.2) is 23.1 Å². The predicted molar refractivity (Wildman–Crippen MR) is 101 cm³/mol. The van der Waals surface area contributed by atoms with Gasteiger partial charge in [-0.3, -0.25) is 19.3 Å². The van der Waals surface area contributed by atoms with Crippen LogP contribution < -0.4 is 4.74 Å². The maximum atomic E-state index is 12.6. The van der Waals surface area contributed by atoms with Crippen molar-refractivity contribution in [2.24, 2.45) is 0 Å². The Labute approximate surface area is 161 Å². The van der Waals surface area contributed by atoms with Gasteiger partial charge in [0, 0.05) is 23.7 Å². The summed E-state index contributed by atoms with van der Waals surface area (Å²) in [4.78, 5) is 40.2. The number of halogens is 1. The molecule has 2 fully saturated rings. The second-order valence-corrected chi connectivity index (χ2v) is 7.53. The summed E-state index contributed by atoms with van der Waals surface area (Å²) in [5.41, 5.74) is 0.604. The number of hydrogen-bond donors (Lipinski definition) is 0. The van der Waals surface area contributed by atoms with E-state index in [0.717, 1.165) is 35.9 Å². The fourth-order valence-corrected chi connectivity index (χ4v) is 3.98. The van der Waals surface area contributed by atoms with E-state index in [0.29, 0.717) is 29.4 Å². The molecule has 0 saturated carbocycles. The minimum atomic E-state index is -0.465. The summed E-state index contributed by atoms with van der Waals surface area (Å²) in [6, 6.07) is 5.03. The van der Waals surface area contributed by atoms with Crippen LogP contribution in [0.5, 0.6) is 5.75 Å². The molecular weight excluding hydrogens is 376 g/mol. The van der Waals surface area contributed by atoms with E-state index in [1.807, 2.05) is 0 Å². The normalized spacial score (nSPS) is 19.4. The van der Waals surface area contributed by atoms with Crippen LogP contribution in [-0.2, 0) is 9.59 Å². The van der Waals surface area contributed by atoms with Gasteiger partial charge in [0.1, 0.15) is 12.3 Å². The number of imide groups is 1. The molecule has 0 N–H and O–H groups in total. The predicted octanol–water partition coefficient (Wildman–Crippen LogP) is 3.40. The summed E-state index contributed by atoms with van der Waals surface area (Å²) in [6.45, 7) is 1.16. The van der Waals surface area contributed by atoms with Crippen LogP contribution in [0.4, 0.5) is 4.79 Å². The topological polar surface area (TPSA) is 66.9 Å². The molecule has 26 heavy (non-hydrogen) atoms. The number of carbonyl (C=O) groups is 3. The lowest BCUT2D eigenvalue weighted by molar-refractivity contribution is -0.136. The molecule has 8 heteroatoms. The average Bonchev–Trinajstić information content (AvgIpc) is 2.90. The fourth-order valence-electron chi connectivity index (χ4n) is 2.97. The molecule has 6 nitrogen and oxygen atoms in total. The second-order valence-electron chi connectivity index (χ2n) is 6.10. The van der Waals surface area contributed by atoms with E-state index in [-0.39, 0.29) is 17.4 Å². The second kappa shape index (κ2) is 8.14. The van der Waals surface area contributed by atoms with Crippen molar-refractivity contribution in [3.05, 3.63) is 33.7 Å². The Bertz CT molecular complexity index is 774. The molecule has 3 amide bonds. The smallest absolute Gasteiger partial charge is 0.294 e. The van der Waals surface area contributed by atoms with Crippen molar-refractivity contribution >= 4 is 46.5 Å². The summed E-state index contributed by atoms with van der Waals surface area (Å²) in [7, 11) is 1.52. The highest BCUT2D eigenvalue weighted by molar-refractivity contribution is 8.18. The number of nitrogens with zero attached hydrogens (tertiary/aromatic N) is 2. The molecule has 2 aliphatic rings. The summed E-state index contributed by atoms with van der Waals surface area (Å²) in [5, 5.41) is 0.0594. The lowest BCUT2D eigenvalue weighted by Crippen LogP contribution is -2.44. The Hall–Kier alpha value is -1.99. The van der Waals surface area contributed by atoms with E-state index in [1.165, 1.54) is 7.11 Å². The quantitative estimate of drug-likeness (QED) is 0.732. The zero-order chi connectivity index (χ0) is 18.7. The summed E-state index contributed by atoms with van der Waals surface area (Å²) in [5.74, 6) is -0.105. The average molecular weight is 395 g/mol. The van der Waals surface area contributed by atoms with Crippen LogP contribution in [0.2, 0.25) is 5.02 Å². The fraction of sp³-hybridized carbons (Fsp3) is 0.389. The van der Waals surface area contributed by atoms with Crippen LogP contribution in [-0.4, -0.2) is 53.6 Å². The Morgan fingerprint density at radius 3 is 2.69 bits per heavy atom. The van der Waals surface area contributed by atoms with Crippen molar-refractivity contribution in [1.82, 2.24) is 9.80 Å². The first-order valence-corrected chi connectivity index (χ1v) is 9.55. The van der Waals surface area contributed by atoms with E-state index in [2.05, 4.69) is 0 Å². The molecule has 2 aliphatic heterocycles. The third-order valence-electron chi connectivity index (χ3n) is 4.35. The minimum Gasteiger partial charge on any atom is -0.496 e. The molecule has 0 aromatic heterocycles.